The molecule has 19 heteroatoms. The average Bonchev–Trinajstić information content (AvgIpc) is 4.19. The van der Waals surface area contributed by atoms with Crippen LogP contribution in [0.2, 0.25) is 0 Å². The summed E-state index contributed by atoms with van der Waals surface area (Å²) in [6, 6.07) is 49.8. The Labute approximate surface area is 515 Å². The van der Waals surface area contributed by atoms with Crippen molar-refractivity contribution in [2.75, 3.05) is 119 Å². The highest BCUT2D eigenvalue weighted by Crippen LogP contribution is 2.24. The molecule has 2 fully saturated rings. The Morgan fingerprint density at radius 1 is 0.356 bits per heavy atom. The number of hydrogen-bond acceptors (Lipinski definition) is 19. The molecule has 87 heavy (non-hydrogen) atoms. The Hall–Kier alpha value is -4.66. The first-order valence-electron chi connectivity index (χ1n) is 30.4. The molecule has 2 aliphatic heterocycles. The molecule has 2 aliphatic rings. The molecule has 9 atom stereocenters. The van der Waals surface area contributed by atoms with Crippen molar-refractivity contribution in [2.45, 2.75) is 127 Å². The molecule has 9 unspecified atom stereocenters. The number of ether oxygens (including phenoxy) is 17. The zero-order valence-electron chi connectivity index (χ0n) is 51.4. The van der Waals surface area contributed by atoms with E-state index in [-0.39, 0.29) is 105 Å². The van der Waals surface area contributed by atoms with Gasteiger partial charge in [0.05, 0.1) is 151 Å². The van der Waals surface area contributed by atoms with Crippen molar-refractivity contribution in [3.8, 4) is 0 Å². The van der Waals surface area contributed by atoms with Crippen molar-refractivity contribution in [1.82, 2.24) is 0 Å². The molecule has 0 spiro atoms. The van der Waals surface area contributed by atoms with Gasteiger partial charge in [-0.25, -0.2) is 0 Å². The van der Waals surface area contributed by atoms with E-state index in [1.165, 1.54) is 0 Å². The van der Waals surface area contributed by atoms with Crippen molar-refractivity contribution in [1.29, 1.82) is 0 Å². The zero-order chi connectivity index (χ0) is 61.0. The molecule has 19 nitrogen and oxygen atoms in total. The first-order chi connectivity index (χ1) is 42.4. The van der Waals surface area contributed by atoms with Gasteiger partial charge in [0.2, 0.25) is 0 Å². The summed E-state index contributed by atoms with van der Waals surface area (Å²) in [4.78, 5) is 0. The highest BCUT2D eigenvalue weighted by atomic mass is 16.8. The normalized spacial score (nSPS) is 18.9. The third kappa shape index (κ3) is 29.7. The fourth-order valence-corrected chi connectivity index (χ4v) is 9.13. The van der Waals surface area contributed by atoms with Crippen molar-refractivity contribution >= 4 is 0 Å². The van der Waals surface area contributed by atoms with Crippen LogP contribution in [0.25, 0.3) is 0 Å². The predicted molar refractivity (Wildman–Crippen MR) is 325 cm³/mol. The van der Waals surface area contributed by atoms with Crippen molar-refractivity contribution in [3.05, 3.63) is 179 Å². The van der Waals surface area contributed by atoms with E-state index < -0.39 is 54.3 Å². The van der Waals surface area contributed by atoms with E-state index in [2.05, 4.69) is 0 Å². The molecule has 3 N–H and O–H groups in total. The second kappa shape index (κ2) is 40.2. The van der Waals surface area contributed by atoms with Crippen molar-refractivity contribution < 1.29 is 85.6 Å². The maximum Gasteiger partial charge on any atom is 0.163 e. The summed E-state index contributed by atoms with van der Waals surface area (Å²) in [6.45, 7) is 13.3. The van der Waals surface area contributed by atoms with Crippen LogP contribution >= 0.6 is 0 Å². The van der Waals surface area contributed by atoms with Crippen LogP contribution in [0.4, 0.5) is 0 Å². The fourth-order valence-electron chi connectivity index (χ4n) is 9.13. The molecular formula is C68H95NO18. The number of rotatable bonds is 47. The lowest BCUT2D eigenvalue weighted by atomic mass is 10.2. The van der Waals surface area contributed by atoms with Gasteiger partial charge in [-0.15, -0.1) is 0 Å². The molecule has 0 bridgehead atoms. The monoisotopic (exact) mass is 1210 g/mol. The summed E-state index contributed by atoms with van der Waals surface area (Å²) >= 11 is 0. The molecule has 480 valence electrons. The number of benzene rings is 5. The van der Waals surface area contributed by atoms with E-state index >= 15 is 0 Å². The molecule has 0 saturated carbocycles. The Balaban J connectivity index is 1.02. The van der Waals surface area contributed by atoms with Gasteiger partial charge in [0.15, 0.2) is 11.6 Å². The summed E-state index contributed by atoms with van der Waals surface area (Å²) < 4.78 is 106. The zero-order valence-corrected chi connectivity index (χ0v) is 51.4. The Bertz CT molecular complexity index is 2490. The van der Waals surface area contributed by atoms with Gasteiger partial charge in [-0.1, -0.05) is 152 Å². The van der Waals surface area contributed by atoms with Gasteiger partial charge in [0.25, 0.3) is 0 Å². The van der Waals surface area contributed by atoms with Gasteiger partial charge >= 0.3 is 0 Å². The highest BCUT2D eigenvalue weighted by molar-refractivity contribution is 5.16. The summed E-state index contributed by atoms with van der Waals surface area (Å²) in [6.07, 6.45) is -4.10. The van der Waals surface area contributed by atoms with Gasteiger partial charge in [0.1, 0.15) is 48.8 Å². The van der Waals surface area contributed by atoms with E-state index in [1.807, 2.05) is 179 Å². The van der Waals surface area contributed by atoms with Gasteiger partial charge in [-0.2, -0.15) is 0 Å². The molecule has 5 aromatic carbocycles. The molecule has 7 rings (SSSR count). The Morgan fingerprint density at radius 2 is 0.598 bits per heavy atom. The molecule has 5 aromatic rings. The topological polar surface area (TPSA) is 203 Å². The largest absolute Gasteiger partial charge is 0.389 e. The van der Waals surface area contributed by atoms with E-state index in [9.17, 15) is 5.11 Å². The lowest BCUT2D eigenvalue weighted by molar-refractivity contribution is -0.152. The molecule has 2 heterocycles. The lowest BCUT2D eigenvalue weighted by Gasteiger charge is -2.26. The third-order valence-corrected chi connectivity index (χ3v) is 13.8. The number of hydrogen-bond donors (Lipinski definition) is 2. The minimum atomic E-state index is -0.789. The maximum absolute atomic E-state index is 10.1. The summed E-state index contributed by atoms with van der Waals surface area (Å²) in [5.74, 6) is -1.33. The minimum absolute atomic E-state index is 0.0736. The summed E-state index contributed by atoms with van der Waals surface area (Å²) in [7, 11) is 0. The van der Waals surface area contributed by atoms with Crippen LogP contribution in [0, 0.1) is 0 Å². The lowest BCUT2D eigenvalue weighted by Crippen LogP contribution is -2.37. The first kappa shape index (κ1) is 69.8. The molecule has 0 aliphatic carbocycles. The van der Waals surface area contributed by atoms with E-state index in [0.717, 1.165) is 27.8 Å². The van der Waals surface area contributed by atoms with Crippen LogP contribution in [-0.4, -0.2) is 190 Å². The average molecular weight is 1210 g/mol. The van der Waals surface area contributed by atoms with Gasteiger partial charge in [0, 0.05) is 6.54 Å². The molecular weight excluding hydrogens is 1120 g/mol. The minimum Gasteiger partial charge on any atom is -0.389 e. The van der Waals surface area contributed by atoms with Crippen molar-refractivity contribution in [3.63, 3.8) is 0 Å². The molecule has 2 saturated heterocycles. The highest BCUT2D eigenvalue weighted by Gasteiger charge is 2.34. The number of aliphatic hydroxyl groups excluding tert-OH is 1. The van der Waals surface area contributed by atoms with Crippen LogP contribution in [0.15, 0.2) is 152 Å². The van der Waals surface area contributed by atoms with E-state index in [1.54, 1.807) is 0 Å². The van der Waals surface area contributed by atoms with Gasteiger partial charge < -0.3 is 91.4 Å². The smallest absolute Gasteiger partial charge is 0.163 e. The van der Waals surface area contributed by atoms with Crippen LogP contribution in [-0.2, 0) is 114 Å². The first-order valence-corrected chi connectivity index (χ1v) is 30.4. The third-order valence-electron chi connectivity index (χ3n) is 13.8. The summed E-state index contributed by atoms with van der Waals surface area (Å²) in [5.41, 5.74) is 10.7. The molecule has 0 aromatic heterocycles. The second-order valence-electron chi connectivity index (χ2n) is 22.6. The van der Waals surface area contributed by atoms with Crippen LogP contribution in [0.5, 0.6) is 0 Å². The Morgan fingerprint density at radius 3 is 0.851 bits per heavy atom. The molecule has 0 radical (unpaired) electrons. The van der Waals surface area contributed by atoms with Crippen LogP contribution < -0.4 is 5.73 Å². The van der Waals surface area contributed by atoms with Crippen molar-refractivity contribution in [2.24, 2.45) is 5.73 Å². The fraction of sp³-hybridized carbons (Fsp3) is 0.559. The van der Waals surface area contributed by atoms with E-state index in [4.69, 9.17) is 86.3 Å². The second-order valence-corrected chi connectivity index (χ2v) is 22.6. The summed E-state index contributed by atoms with van der Waals surface area (Å²) in [5, 5.41) is 10.1. The van der Waals surface area contributed by atoms with Gasteiger partial charge in [-0.3, -0.25) is 0 Å². The predicted octanol–water partition coefficient (Wildman–Crippen LogP) is 8.04. The maximum atomic E-state index is 10.1. The van der Waals surface area contributed by atoms with Crippen LogP contribution in [0.1, 0.15) is 55.5 Å². The standard InChI is InChI=1S/C68H95NO18/c1-67(2)84-51-65(86-67)48-76-43-61(80-33-55-24-14-7-15-25-55)41-74-46-63(45-73-40-60(79-32-54-22-12-6-13-23-54)39-72-38-59(37-71-36-58(70)30-69)78-31-53-20-10-5-11-21-53)83-50-64(82-35-57-28-18-9-19-29-57)47-75-42-62(81-34-56-26-16-8-17-27-56)44-77-49-66-52-85-68(3,4)87-66/h5-29,58-66,70H,30-52,69H2,1-4H3. The Kier molecular flexibility index (Phi) is 32.2. The quantitative estimate of drug-likeness (QED) is 0.0378. The number of nitrogens with two attached hydrogens (primary N) is 1. The van der Waals surface area contributed by atoms with E-state index in [0.29, 0.717) is 59.5 Å². The van der Waals surface area contributed by atoms with Gasteiger partial charge in [-0.05, 0) is 55.5 Å². The number of aliphatic hydroxyl groups is 1. The van der Waals surface area contributed by atoms with Crippen LogP contribution in [0.3, 0.4) is 0 Å². The molecule has 0 amide bonds. The SMILES string of the molecule is CC1(C)OCC(COCC(COCC(COCC(COCC(COCC(O)CN)OCc2ccccc2)OCc2ccccc2)OCC(COCC(COCC2COC(C)(C)O2)OCc2ccccc2)OCc2ccccc2)OCc2ccccc2)O1.